The molecule has 1 aliphatic rings. The summed E-state index contributed by atoms with van der Waals surface area (Å²) in [4.78, 5) is 40.6. The maximum atomic E-state index is 12.4. The molecule has 2 atom stereocenters. The maximum absolute atomic E-state index is 12.4. The zero-order valence-electron chi connectivity index (χ0n) is 16.6. The number of nitrogens with zero attached hydrogens (tertiary/aromatic N) is 1. The number of aromatic nitrogens is 1. The van der Waals surface area contributed by atoms with Crippen LogP contribution in [0.3, 0.4) is 0 Å². The molecule has 1 fully saturated rings. The number of rotatable bonds is 5. The van der Waals surface area contributed by atoms with E-state index in [2.05, 4.69) is 15.6 Å². The van der Waals surface area contributed by atoms with Crippen molar-refractivity contribution in [2.75, 3.05) is 0 Å². The highest BCUT2D eigenvalue weighted by Crippen LogP contribution is 2.41. The number of amides is 3. The molecule has 1 aliphatic heterocycles. The van der Waals surface area contributed by atoms with Crippen LogP contribution in [-0.4, -0.2) is 22.7 Å². The van der Waals surface area contributed by atoms with Gasteiger partial charge in [0.05, 0.1) is 17.7 Å². The maximum Gasteiger partial charge on any atom is 0.251 e. The van der Waals surface area contributed by atoms with E-state index in [-0.39, 0.29) is 30.1 Å². The van der Waals surface area contributed by atoms with Gasteiger partial charge < -0.3 is 5.32 Å². The number of pyridine rings is 1. The van der Waals surface area contributed by atoms with E-state index in [0.29, 0.717) is 12.1 Å². The van der Waals surface area contributed by atoms with E-state index in [1.165, 1.54) is 0 Å². The molecule has 6 nitrogen and oxygen atoms in total. The van der Waals surface area contributed by atoms with Gasteiger partial charge in [0.1, 0.15) is 0 Å². The Morgan fingerprint density at radius 1 is 1.21 bits per heavy atom. The number of imide groups is 1. The molecule has 0 spiro atoms. The average Bonchev–Trinajstić information content (AvgIpc) is 2.91. The zero-order chi connectivity index (χ0) is 20.5. The molecule has 0 saturated carbocycles. The number of hydrogen-bond donors (Lipinski definition) is 2. The predicted molar refractivity (Wildman–Crippen MR) is 106 cm³/mol. The van der Waals surface area contributed by atoms with E-state index in [1.54, 1.807) is 19.1 Å². The molecule has 146 valence electrons. The van der Waals surface area contributed by atoms with Gasteiger partial charge in [-0.15, -0.1) is 0 Å². The topological polar surface area (TPSA) is 88.2 Å². The number of carbonyl (C=O) groups excluding carboxylic acids is 3. The van der Waals surface area contributed by atoms with E-state index in [1.807, 2.05) is 45.0 Å². The van der Waals surface area contributed by atoms with Crippen molar-refractivity contribution in [3.63, 3.8) is 0 Å². The number of hydrogen-bond acceptors (Lipinski definition) is 4. The molecule has 2 heterocycles. The third kappa shape index (κ3) is 3.96. The second kappa shape index (κ2) is 7.54. The van der Waals surface area contributed by atoms with Crippen molar-refractivity contribution >= 4 is 17.7 Å². The minimum atomic E-state index is -0.768. The Balaban J connectivity index is 1.67. The molecule has 3 amide bonds. The van der Waals surface area contributed by atoms with Gasteiger partial charge in [-0.1, -0.05) is 19.1 Å². The summed E-state index contributed by atoms with van der Waals surface area (Å²) in [5.74, 6) is -0.807. The Bertz CT molecular complexity index is 916. The molecule has 2 aromatic rings. The van der Waals surface area contributed by atoms with Crippen LogP contribution in [0.15, 0.2) is 36.4 Å². The first-order chi connectivity index (χ1) is 13.2. The molecule has 0 radical (unpaired) electrons. The molecular formula is C22H25N3O3. The predicted octanol–water partition coefficient (Wildman–Crippen LogP) is 2.78. The van der Waals surface area contributed by atoms with Crippen molar-refractivity contribution < 1.29 is 14.4 Å². The summed E-state index contributed by atoms with van der Waals surface area (Å²) in [6.45, 7) is 8.02. The summed E-state index contributed by atoms with van der Waals surface area (Å²) >= 11 is 0. The highest BCUT2D eigenvalue weighted by molar-refractivity contribution is 6.06. The van der Waals surface area contributed by atoms with E-state index in [0.717, 1.165) is 22.5 Å². The molecule has 1 unspecified atom stereocenters. The molecule has 1 saturated heterocycles. The number of nitrogens with one attached hydrogen (secondary N) is 2. The Hall–Kier alpha value is -3.02. The summed E-state index contributed by atoms with van der Waals surface area (Å²) in [5, 5.41) is 5.26. The SMILES string of the molecule is Cc1cc(C)nc(CNC(=O)c2ccc(C(C)[C@]3(C)CC(=O)NC3=O)cc2)c1. The van der Waals surface area contributed by atoms with Gasteiger partial charge in [-0.25, -0.2) is 0 Å². The Kier molecular flexibility index (Phi) is 5.31. The smallest absolute Gasteiger partial charge is 0.251 e. The minimum absolute atomic E-state index is 0.143. The van der Waals surface area contributed by atoms with Crippen molar-refractivity contribution in [3.05, 3.63) is 64.5 Å². The van der Waals surface area contributed by atoms with Crippen LogP contribution in [0.5, 0.6) is 0 Å². The van der Waals surface area contributed by atoms with Crippen LogP contribution in [0.2, 0.25) is 0 Å². The largest absolute Gasteiger partial charge is 0.346 e. The van der Waals surface area contributed by atoms with Crippen LogP contribution in [0.1, 0.15) is 59.1 Å². The van der Waals surface area contributed by atoms with E-state index < -0.39 is 5.41 Å². The molecule has 28 heavy (non-hydrogen) atoms. The lowest BCUT2D eigenvalue weighted by Crippen LogP contribution is -2.33. The molecular weight excluding hydrogens is 354 g/mol. The molecule has 2 N–H and O–H groups in total. The van der Waals surface area contributed by atoms with Gasteiger partial charge in [-0.05, 0) is 62.1 Å². The van der Waals surface area contributed by atoms with Crippen molar-refractivity contribution in [2.24, 2.45) is 5.41 Å². The first kappa shape index (κ1) is 19.7. The fraction of sp³-hybridized carbons (Fsp3) is 0.364. The third-order valence-corrected chi connectivity index (χ3v) is 5.51. The van der Waals surface area contributed by atoms with Crippen LogP contribution < -0.4 is 10.6 Å². The summed E-state index contributed by atoms with van der Waals surface area (Å²) in [7, 11) is 0. The van der Waals surface area contributed by atoms with Crippen LogP contribution in [0.4, 0.5) is 0 Å². The summed E-state index contributed by atoms with van der Waals surface area (Å²) in [5.41, 5.74) is 3.54. The number of aryl methyl sites for hydroxylation is 2. The van der Waals surface area contributed by atoms with Gasteiger partial charge >= 0.3 is 0 Å². The first-order valence-corrected chi connectivity index (χ1v) is 9.35. The second-order valence-corrected chi connectivity index (χ2v) is 7.78. The third-order valence-electron chi connectivity index (χ3n) is 5.51. The Morgan fingerprint density at radius 3 is 2.46 bits per heavy atom. The van der Waals surface area contributed by atoms with Crippen LogP contribution in [-0.2, 0) is 16.1 Å². The first-order valence-electron chi connectivity index (χ1n) is 9.35. The van der Waals surface area contributed by atoms with Crippen LogP contribution in [0.25, 0.3) is 0 Å². The zero-order valence-corrected chi connectivity index (χ0v) is 16.6. The lowest BCUT2D eigenvalue weighted by molar-refractivity contribution is -0.128. The fourth-order valence-electron chi connectivity index (χ4n) is 3.66. The van der Waals surface area contributed by atoms with Gasteiger partial charge in [0.2, 0.25) is 11.8 Å². The van der Waals surface area contributed by atoms with Crippen LogP contribution in [0, 0.1) is 19.3 Å². The Morgan fingerprint density at radius 2 is 1.89 bits per heavy atom. The standard InChI is InChI=1S/C22H25N3O3/c1-13-9-14(2)24-18(10-13)12-23-20(27)17-7-5-16(6-8-17)15(3)22(4)11-19(26)25-21(22)28/h5-10,15H,11-12H2,1-4H3,(H,23,27)(H,25,26,28)/t15?,22-/m0/s1. The molecule has 0 aliphatic carbocycles. The lowest BCUT2D eigenvalue weighted by atomic mass is 9.73. The Labute approximate surface area is 164 Å². The van der Waals surface area contributed by atoms with Gasteiger partial charge in [-0.2, -0.15) is 0 Å². The second-order valence-electron chi connectivity index (χ2n) is 7.78. The average molecular weight is 379 g/mol. The summed E-state index contributed by atoms with van der Waals surface area (Å²) in [6.07, 6.45) is 0.179. The van der Waals surface area contributed by atoms with E-state index >= 15 is 0 Å². The molecule has 0 bridgehead atoms. The molecule has 1 aromatic carbocycles. The van der Waals surface area contributed by atoms with Crippen LogP contribution >= 0.6 is 0 Å². The van der Waals surface area contributed by atoms with Crippen molar-refractivity contribution in [3.8, 4) is 0 Å². The molecule has 3 rings (SSSR count). The fourth-order valence-corrected chi connectivity index (χ4v) is 3.66. The summed E-state index contributed by atoms with van der Waals surface area (Å²) < 4.78 is 0. The van der Waals surface area contributed by atoms with Gasteiger partial charge in [-0.3, -0.25) is 24.7 Å². The highest BCUT2D eigenvalue weighted by atomic mass is 16.2. The number of benzene rings is 1. The quantitative estimate of drug-likeness (QED) is 0.782. The van der Waals surface area contributed by atoms with E-state index in [4.69, 9.17) is 0 Å². The molecule has 1 aromatic heterocycles. The monoisotopic (exact) mass is 379 g/mol. The van der Waals surface area contributed by atoms with Gasteiger partial charge in [0.25, 0.3) is 5.91 Å². The highest BCUT2D eigenvalue weighted by Gasteiger charge is 2.46. The van der Waals surface area contributed by atoms with E-state index in [9.17, 15) is 14.4 Å². The summed E-state index contributed by atoms with van der Waals surface area (Å²) in [6, 6.07) is 11.1. The number of carbonyl (C=O) groups is 3. The van der Waals surface area contributed by atoms with Crippen molar-refractivity contribution in [2.45, 2.75) is 46.6 Å². The van der Waals surface area contributed by atoms with Crippen molar-refractivity contribution in [1.29, 1.82) is 0 Å². The van der Waals surface area contributed by atoms with Crippen molar-refractivity contribution in [1.82, 2.24) is 15.6 Å². The minimum Gasteiger partial charge on any atom is -0.346 e. The molecule has 6 heteroatoms. The normalized spacial score (nSPS) is 20.0. The van der Waals surface area contributed by atoms with Gasteiger partial charge in [0.15, 0.2) is 0 Å². The lowest BCUT2D eigenvalue weighted by Gasteiger charge is -2.28. The van der Waals surface area contributed by atoms with Gasteiger partial charge in [0, 0.05) is 17.7 Å².